The van der Waals surface area contributed by atoms with Gasteiger partial charge in [-0.25, -0.2) is 9.37 Å². The van der Waals surface area contributed by atoms with Crippen LogP contribution in [0.3, 0.4) is 0 Å². The summed E-state index contributed by atoms with van der Waals surface area (Å²) in [5.74, 6) is 0.586. The molecule has 1 saturated carbocycles. The van der Waals surface area contributed by atoms with E-state index in [2.05, 4.69) is 9.88 Å². The van der Waals surface area contributed by atoms with E-state index in [1.165, 1.54) is 12.1 Å². The first-order valence-corrected chi connectivity index (χ1v) is 7.69. The second kappa shape index (κ2) is 6.58. The summed E-state index contributed by atoms with van der Waals surface area (Å²) in [4.78, 5) is 6.61. The Morgan fingerprint density at radius 3 is 2.77 bits per heavy atom. The summed E-state index contributed by atoms with van der Waals surface area (Å²) in [7, 11) is 2.03. The first-order valence-electron chi connectivity index (χ1n) is 7.69. The number of halogens is 1. The molecule has 0 aliphatic heterocycles. The molecule has 1 aliphatic rings. The van der Waals surface area contributed by atoms with Crippen LogP contribution in [0.2, 0.25) is 0 Å². The predicted molar refractivity (Wildman–Crippen MR) is 81.6 cm³/mol. The van der Waals surface area contributed by atoms with E-state index in [1.54, 1.807) is 18.4 Å². The fourth-order valence-corrected chi connectivity index (χ4v) is 3.08. The van der Waals surface area contributed by atoms with Gasteiger partial charge in [-0.2, -0.15) is 0 Å². The SMILES string of the molecule is CN(Cc1coc(-c2ccc(F)cc2)n1)CC1CCCC1O. The average Bonchev–Trinajstić information content (AvgIpc) is 3.10. The van der Waals surface area contributed by atoms with E-state index < -0.39 is 0 Å². The number of aromatic nitrogens is 1. The summed E-state index contributed by atoms with van der Waals surface area (Å²) >= 11 is 0. The van der Waals surface area contributed by atoms with Gasteiger partial charge in [0, 0.05) is 18.7 Å². The zero-order chi connectivity index (χ0) is 15.5. The van der Waals surface area contributed by atoms with Crippen LogP contribution in [-0.2, 0) is 6.54 Å². The standard InChI is InChI=1S/C17H21FN2O2/c1-20(9-13-3-2-4-16(13)21)10-15-11-22-17(19-15)12-5-7-14(18)8-6-12/h5-8,11,13,16,21H,2-4,9-10H2,1H3. The largest absolute Gasteiger partial charge is 0.444 e. The molecule has 2 atom stereocenters. The van der Waals surface area contributed by atoms with Crippen molar-refractivity contribution in [2.45, 2.75) is 31.9 Å². The maximum atomic E-state index is 12.9. The van der Waals surface area contributed by atoms with Gasteiger partial charge in [0.1, 0.15) is 12.1 Å². The van der Waals surface area contributed by atoms with Crippen molar-refractivity contribution >= 4 is 0 Å². The summed E-state index contributed by atoms with van der Waals surface area (Å²) < 4.78 is 18.4. The number of hydrogen-bond donors (Lipinski definition) is 1. The summed E-state index contributed by atoms with van der Waals surface area (Å²) in [6, 6.07) is 6.10. The lowest BCUT2D eigenvalue weighted by Gasteiger charge is -2.22. The molecule has 0 amide bonds. The van der Waals surface area contributed by atoms with Crippen molar-refractivity contribution in [2.75, 3.05) is 13.6 Å². The highest BCUT2D eigenvalue weighted by molar-refractivity contribution is 5.52. The Morgan fingerprint density at radius 1 is 1.32 bits per heavy atom. The first kappa shape index (κ1) is 15.2. The van der Waals surface area contributed by atoms with Crippen LogP contribution in [-0.4, -0.2) is 34.7 Å². The van der Waals surface area contributed by atoms with Gasteiger partial charge in [-0.05, 0) is 50.1 Å². The normalized spacial score (nSPS) is 21.6. The van der Waals surface area contributed by atoms with Crippen molar-refractivity contribution in [1.82, 2.24) is 9.88 Å². The Hall–Kier alpha value is -1.72. The summed E-state index contributed by atoms with van der Waals surface area (Å²) in [5.41, 5.74) is 1.61. The monoisotopic (exact) mass is 304 g/mol. The molecule has 2 unspecified atom stereocenters. The molecular formula is C17H21FN2O2. The fourth-order valence-electron chi connectivity index (χ4n) is 3.08. The van der Waals surface area contributed by atoms with Gasteiger partial charge in [-0.15, -0.1) is 0 Å². The molecule has 0 saturated heterocycles. The summed E-state index contributed by atoms with van der Waals surface area (Å²) in [6.45, 7) is 1.54. The smallest absolute Gasteiger partial charge is 0.226 e. The number of aliphatic hydroxyl groups excluding tert-OH is 1. The number of nitrogens with zero attached hydrogens (tertiary/aromatic N) is 2. The molecule has 5 heteroatoms. The molecule has 22 heavy (non-hydrogen) atoms. The second-order valence-corrected chi connectivity index (χ2v) is 6.11. The van der Waals surface area contributed by atoms with Crippen LogP contribution in [0.15, 0.2) is 34.9 Å². The predicted octanol–water partition coefficient (Wildman–Crippen LogP) is 3.07. The maximum Gasteiger partial charge on any atom is 0.226 e. The number of hydrogen-bond acceptors (Lipinski definition) is 4. The highest BCUT2D eigenvalue weighted by Gasteiger charge is 2.26. The Labute approximate surface area is 129 Å². The minimum absolute atomic E-state index is 0.172. The minimum atomic E-state index is -0.273. The molecule has 0 bridgehead atoms. The topological polar surface area (TPSA) is 49.5 Å². The van der Waals surface area contributed by atoms with Gasteiger partial charge in [0.25, 0.3) is 0 Å². The molecule has 3 rings (SSSR count). The quantitative estimate of drug-likeness (QED) is 0.922. The third kappa shape index (κ3) is 3.54. The van der Waals surface area contributed by atoms with Crippen molar-refractivity contribution in [3.8, 4) is 11.5 Å². The number of rotatable bonds is 5. The van der Waals surface area contributed by atoms with Crippen LogP contribution in [0.1, 0.15) is 25.0 Å². The van der Waals surface area contributed by atoms with E-state index in [0.29, 0.717) is 18.4 Å². The van der Waals surface area contributed by atoms with E-state index >= 15 is 0 Å². The molecule has 118 valence electrons. The summed E-state index contributed by atoms with van der Waals surface area (Å²) in [6.07, 6.45) is 4.58. The lowest BCUT2D eigenvalue weighted by molar-refractivity contribution is 0.107. The molecule has 1 N–H and O–H groups in total. The molecule has 0 radical (unpaired) electrons. The molecule has 1 heterocycles. The van der Waals surface area contributed by atoms with E-state index in [-0.39, 0.29) is 11.9 Å². The van der Waals surface area contributed by atoms with Crippen molar-refractivity contribution in [2.24, 2.45) is 5.92 Å². The molecule has 0 spiro atoms. The van der Waals surface area contributed by atoms with Gasteiger partial charge >= 0.3 is 0 Å². The number of oxazole rings is 1. The van der Waals surface area contributed by atoms with Gasteiger partial charge in [0.05, 0.1) is 11.8 Å². The maximum absolute atomic E-state index is 12.9. The van der Waals surface area contributed by atoms with Crippen LogP contribution >= 0.6 is 0 Å². The van der Waals surface area contributed by atoms with E-state index in [9.17, 15) is 9.50 Å². The van der Waals surface area contributed by atoms with Crippen LogP contribution in [0, 0.1) is 11.7 Å². The molecule has 1 aromatic carbocycles. The molecule has 1 aliphatic carbocycles. The zero-order valence-electron chi connectivity index (χ0n) is 12.7. The fraction of sp³-hybridized carbons (Fsp3) is 0.471. The minimum Gasteiger partial charge on any atom is -0.444 e. The highest BCUT2D eigenvalue weighted by Crippen LogP contribution is 2.26. The Bertz CT molecular complexity index is 611. The zero-order valence-corrected chi connectivity index (χ0v) is 12.7. The van der Waals surface area contributed by atoms with Crippen molar-refractivity contribution in [3.63, 3.8) is 0 Å². The van der Waals surface area contributed by atoms with Gasteiger partial charge < -0.3 is 14.4 Å². The molecule has 1 aromatic heterocycles. The third-order valence-corrected chi connectivity index (χ3v) is 4.24. The molecular weight excluding hydrogens is 283 g/mol. The second-order valence-electron chi connectivity index (χ2n) is 6.11. The molecule has 1 fully saturated rings. The van der Waals surface area contributed by atoms with E-state index in [4.69, 9.17) is 4.42 Å². The van der Waals surface area contributed by atoms with Gasteiger partial charge in [0.15, 0.2) is 0 Å². The van der Waals surface area contributed by atoms with Crippen LogP contribution in [0.5, 0.6) is 0 Å². The van der Waals surface area contributed by atoms with E-state index in [0.717, 1.165) is 37.1 Å². The lowest BCUT2D eigenvalue weighted by Crippen LogP contribution is -2.29. The van der Waals surface area contributed by atoms with Gasteiger partial charge in [-0.1, -0.05) is 6.42 Å². The van der Waals surface area contributed by atoms with Gasteiger partial charge in [-0.3, -0.25) is 0 Å². The average molecular weight is 304 g/mol. The third-order valence-electron chi connectivity index (χ3n) is 4.24. The highest BCUT2D eigenvalue weighted by atomic mass is 19.1. The van der Waals surface area contributed by atoms with E-state index in [1.807, 2.05) is 7.05 Å². The molecule has 4 nitrogen and oxygen atoms in total. The lowest BCUT2D eigenvalue weighted by atomic mass is 10.1. The Morgan fingerprint density at radius 2 is 2.09 bits per heavy atom. The van der Waals surface area contributed by atoms with Crippen LogP contribution in [0.4, 0.5) is 4.39 Å². The van der Waals surface area contributed by atoms with Crippen LogP contribution in [0.25, 0.3) is 11.5 Å². The Balaban J connectivity index is 1.60. The summed E-state index contributed by atoms with van der Waals surface area (Å²) in [5, 5.41) is 9.89. The first-order chi connectivity index (χ1) is 10.6. The van der Waals surface area contributed by atoms with Crippen molar-refractivity contribution in [3.05, 3.63) is 42.0 Å². The van der Waals surface area contributed by atoms with Crippen LogP contribution < -0.4 is 0 Å². The molecule has 2 aromatic rings. The number of aliphatic hydroxyl groups is 1. The van der Waals surface area contributed by atoms with Crippen molar-refractivity contribution < 1.29 is 13.9 Å². The van der Waals surface area contributed by atoms with Crippen molar-refractivity contribution in [1.29, 1.82) is 0 Å². The van der Waals surface area contributed by atoms with Gasteiger partial charge in [0.2, 0.25) is 5.89 Å². The number of benzene rings is 1. The Kier molecular flexibility index (Phi) is 4.55.